The van der Waals surface area contributed by atoms with Crippen LogP contribution in [0, 0.1) is 0 Å². The summed E-state index contributed by atoms with van der Waals surface area (Å²) in [4.78, 5) is 26.5. The quantitative estimate of drug-likeness (QED) is 0.187. The van der Waals surface area contributed by atoms with Gasteiger partial charge < -0.3 is 20.4 Å². The fraction of sp³-hybridized carbons (Fsp3) is 0.357. The Balaban J connectivity index is 1.40. The van der Waals surface area contributed by atoms with Crippen molar-refractivity contribution in [1.29, 1.82) is 0 Å². The minimum Gasteiger partial charge on any atom is -0.422 e. The van der Waals surface area contributed by atoms with E-state index in [0.717, 1.165) is 48.9 Å². The Morgan fingerprint density at radius 2 is 1.69 bits per heavy atom. The monoisotopic (exact) mass is 484 g/mol. The molecule has 5 rings (SSSR count). The van der Waals surface area contributed by atoms with E-state index in [0.29, 0.717) is 35.0 Å². The largest absolute Gasteiger partial charge is 0.422 e. The van der Waals surface area contributed by atoms with E-state index < -0.39 is 0 Å². The smallest absolute Gasteiger partial charge is 0.344 e. The summed E-state index contributed by atoms with van der Waals surface area (Å²) >= 11 is 0. The van der Waals surface area contributed by atoms with Gasteiger partial charge in [-0.1, -0.05) is 62.9 Å². The topological polar surface area (TPSA) is 105 Å². The highest BCUT2D eigenvalue weighted by atomic mass is 16.4. The van der Waals surface area contributed by atoms with Gasteiger partial charge in [0.1, 0.15) is 5.58 Å². The van der Waals surface area contributed by atoms with Crippen molar-refractivity contribution in [3.63, 3.8) is 0 Å². The molecule has 0 spiro atoms. The van der Waals surface area contributed by atoms with Crippen LogP contribution in [0.3, 0.4) is 0 Å². The van der Waals surface area contributed by atoms with Crippen LogP contribution >= 0.6 is 0 Å². The molecule has 1 aliphatic rings. The molecule has 0 unspecified atom stereocenters. The van der Waals surface area contributed by atoms with Gasteiger partial charge in [0.15, 0.2) is 0 Å². The van der Waals surface area contributed by atoms with Crippen molar-refractivity contribution in [3.05, 3.63) is 65.0 Å². The van der Waals surface area contributed by atoms with Crippen LogP contribution in [0.5, 0.6) is 0 Å². The van der Waals surface area contributed by atoms with Gasteiger partial charge in [0.05, 0.1) is 5.56 Å². The number of anilines is 4. The highest BCUT2D eigenvalue weighted by Crippen LogP contribution is 2.26. The van der Waals surface area contributed by atoms with E-state index in [2.05, 4.69) is 37.8 Å². The normalized spacial score (nSPS) is 14.0. The van der Waals surface area contributed by atoms with Crippen molar-refractivity contribution in [2.75, 3.05) is 22.5 Å². The molecule has 1 aliphatic carbocycles. The maximum atomic E-state index is 12.7. The molecule has 1 saturated carbocycles. The lowest BCUT2D eigenvalue weighted by Crippen LogP contribution is -2.24. The molecular formula is C28H32N6O2. The lowest BCUT2D eigenvalue weighted by Gasteiger charge is -2.23. The summed E-state index contributed by atoms with van der Waals surface area (Å²) in [6.45, 7) is 2.95. The lowest BCUT2D eigenvalue weighted by molar-refractivity contribution is 0.461. The number of unbranched alkanes of at least 4 members (excludes halogenated alkanes) is 1. The van der Waals surface area contributed by atoms with Crippen LogP contribution in [-0.2, 0) is 0 Å². The van der Waals surface area contributed by atoms with Gasteiger partial charge in [-0.05, 0) is 43.0 Å². The zero-order valence-electron chi connectivity index (χ0n) is 20.6. The lowest BCUT2D eigenvalue weighted by atomic mass is 9.96. The number of hydrogen-bond donors (Lipinski definition) is 3. The van der Waals surface area contributed by atoms with E-state index in [-0.39, 0.29) is 5.63 Å². The zero-order chi connectivity index (χ0) is 24.7. The molecule has 36 heavy (non-hydrogen) atoms. The summed E-state index contributed by atoms with van der Waals surface area (Å²) < 4.78 is 5.67. The van der Waals surface area contributed by atoms with Gasteiger partial charge >= 0.3 is 5.63 Å². The number of nitrogens with zero attached hydrogens (tertiary/aromatic N) is 3. The average Bonchev–Trinajstić information content (AvgIpc) is 2.89. The minimum atomic E-state index is -0.368. The zero-order valence-corrected chi connectivity index (χ0v) is 20.6. The fourth-order valence-corrected chi connectivity index (χ4v) is 4.52. The van der Waals surface area contributed by atoms with E-state index in [1.54, 1.807) is 6.07 Å². The van der Waals surface area contributed by atoms with E-state index in [4.69, 9.17) is 4.42 Å². The Morgan fingerprint density at radius 3 is 2.50 bits per heavy atom. The van der Waals surface area contributed by atoms with Crippen molar-refractivity contribution in [3.8, 4) is 11.1 Å². The molecular weight excluding hydrogens is 452 g/mol. The van der Waals surface area contributed by atoms with Crippen molar-refractivity contribution >= 4 is 34.5 Å². The van der Waals surface area contributed by atoms with Crippen LogP contribution < -0.4 is 21.6 Å². The molecule has 2 aromatic heterocycles. The number of hydrogen-bond acceptors (Lipinski definition) is 8. The van der Waals surface area contributed by atoms with Crippen LogP contribution in [0.4, 0.5) is 23.5 Å². The first-order valence-electron chi connectivity index (χ1n) is 12.8. The third-order valence-electron chi connectivity index (χ3n) is 6.46. The Morgan fingerprint density at radius 1 is 0.917 bits per heavy atom. The molecule has 1 fully saturated rings. The third-order valence-corrected chi connectivity index (χ3v) is 6.46. The first kappa shape index (κ1) is 23.8. The molecule has 4 aromatic rings. The van der Waals surface area contributed by atoms with Crippen molar-refractivity contribution in [2.24, 2.45) is 0 Å². The Kier molecular flexibility index (Phi) is 7.40. The molecule has 2 heterocycles. The number of benzene rings is 2. The summed E-state index contributed by atoms with van der Waals surface area (Å²) in [5.41, 5.74) is 2.24. The molecule has 3 N–H and O–H groups in total. The maximum absolute atomic E-state index is 12.7. The molecule has 0 saturated heterocycles. The molecule has 8 heteroatoms. The standard InChI is InChI=1S/C28H32N6O2/c1-2-3-16-29-26-32-27(30-21-12-8-5-9-13-21)34-28(33-26)31-22-15-14-20-17-23(19-10-6-4-7-11-19)25(35)36-24(20)18-22/h4,6-7,10-11,14-15,17-18,21H,2-3,5,8-9,12-13,16H2,1H3,(H3,29,30,31,32,33,34). The number of fused-ring (bicyclic) bond motifs is 1. The van der Waals surface area contributed by atoms with Crippen LogP contribution in [0.15, 0.2) is 63.8 Å². The molecule has 8 nitrogen and oxygen atoms in total. The van der Waals surface area contributed by atoms with Crippen LogP contribution in [0.2, 0.25) is 0 Å². The summed E-state index contributed by atoms with van der Waals surface area (Å²) in [5, 5.41) is 10.9. The summed E-state index contributed by atoms with van der Waals surface area (Å²) in [5.74, 6) is 1.54. The first-order chi connectivity index (χ1) is 17.7. The summed E-state index contributed by atoms with van der Waals surface area (Å²) in [6.07, 6.45) is 8.12. The number of nitrogens with one attached hydrogen (secondary N) is 3. The SMILES string of the molecule is CCCCNc1nc(Nc2ccc3cc(-c4ccccc4)c(=O)oc3c2)nc(NC2CCCCC2)n1. The van der Waals surface area contributed by atoms with Crippen molar-refractivity contribution in [1.82, 2.24) is 15.0 Å². The highest BCUT2D eigenvalue weighted by Gasteiger charge is 2.16. The van der Waals surface area contributed by atoms with Gasteiger partial charge in [0, 0.05) is 29.7 Å². The van der Waals surface area contributed by atoms with Gasteiger partial charge in [-0.15, -0.1) is 0 Å². The molecule has 0 bridgehead atoms. The van der Waals surface area contributed by atoms with Gasteiger partial charge in [0.2, 0.25) is 17.8 Å². The molecule has 186 valence electrons. The Bertz CT molecular complexity index is 1370. The molecule has 2 aromatic carbocycles. The minimum absolute atomic E-state index is 0.368. The first-order valence-corrected chi connectivity index (χ1v) is 12.8. The highest BCUT2D eigenvalue weighted by molar-refractivity contribution is 5.84. The maximum Gasteiger partial charge on any atom is 0.344 e. The van der Waals surface area contributed by atoms with Gasteiger partial charge in [-0.25, -0.2) is 4.79 Å². The summed E-state index contributed by atoms with van der Waals surface area (Å²) in [6, 6.07) is 17.4. The van der Waals surface area contributed by atoms with E-state index in [1.807, 2.05) is 48.5 Å². The van der Waals surface area contributed by atoms with Crippen LogP contribution in [-0.4, -0.2) is 27.5 Å². The Hall–Kier alpha value is -3.94. The van der Waals surface area contributed by atoms with Gasteiger partial charge in [-0.2, -0.15) is 15.0 Å². The molecule has 0 atom stereocenters. The fourth-order valence-electron chi connectivity index (χ4n) is 4.52. The second-order valence-corrected chi connectivity index (χ2v) is 9.26. The third kappa shape index (κ3) is 5.82. The van der Waals surface area contributed by atoms with Crippen LogP contribution in [0.25, 0.3) is 22.1 Å². The van der Waals surface area contributed by atoms with E-state index in [1.165, 1.54) is 19.3 Å². The summed E-state index contributed by atoms with van der Waals surface area (Å²) in [7, 11) is 0. The Labute approximate surface area is 210 Å². The molecule has 0 aliphatic heterocycles. The van der Waals surface area contributed by atoms with E-state index in [9.17, 15) is 4.79 Å². The molecule has 0 radical (unpaired) electrons. The number of aromatic nitrogens is 3. The van der Waals surface area contributed by atoms with Crippen molar-refractivity contribution in [2.45, 2.75) is 57.9 Å². The van der Waals surface area contributed by atoms with Crippen molar-refractivity contribution < 1.29 is 4.42 Å². The molecule has 0 amide bonds. The van der Waals surface area contributed by atoms with Gasteiger partial charge in [-0.3, -0.25) is 0 Å². The average molecular weight is 485 g/mol. The predicted octanol–water partition coefficient (Wildman–Crippen LogP) is 6.35. The van der Waals surface area contributed by atoms with Crippen LogP contribution in [0.1, 0.15) is 51.9 Å². The van der Waals surface area contributed by atoms with E-state index >= 15 is 0 Å². The second-order valence-electron chi connectivity index (χ2n) is 9.26. The predicted molar refractivity (Wildman–Crippen MR) is 145 cm³/mol. The second kappa shape index (κ2) is 11.2. The van der Waals surface area contributed by atoms with Gasteiger partial charge in [0.25, 0.3) is 0 Å². The number of rotatable bonds is 9.